The van der Waals surface area contributed by atoms with Gasteiger partial charge in [-0.1, -0.05) is 24.3 Å². The number of hydrogen-bond acceptors (Lipinski definition) is 5. The summed E-state index contributed by atoms with van der Waals surface area (Å²) in [6, 6.07) is 14.9. The zero-order valence-electron chi connectivity index (χ0n) is 15.9. The summed E-state index contributed by atoms with van der Waals surface area (Å²) in [7, 11) is 1.64. The fraction of sp³-hybridized carbons (Fsp3) is 0.381. The Kier molecular flexibility index (Phi) is 6.19. The number of rotatable bonds is 6. The summed E-state index contributed by atoms with van der Waals surface area (Å²) in [6.45, 7) is 5.59. The van der Waals surface area contributed by atoms with Crippen LogP contribution in [0.2, 0.25) is 0 Å². The van der Waals surface area contributed by atoms with Crippen LogP contribution in [-0.2, 0) is 11.3 Å². The normalized spacial score (nSPS) is 16.0. The Morgan fingerprint density at radius 1 is 1.11 bits per heavy atom. The topological polar surface area (TPSA) is 65.0 Å². The third-order valence-corrected chi connectivity index (χ3v) is 5.09. The SMILES string of the molecule is COc1ccc(CNC(=O)C(C)N2CCN(c3ccccc3O)CC2)cc1. The molecule has 1 heterocycles. The molecule has 27 heavy (non-hydrogen) atoms. The van der Waals surface area contributed by atoms with Crippen molar-refractivity contribution in [3.63, 3.8) is 0 Å². The molecule has 2 aromatic rings. The van der Waals surface area contributed by atoms with E-state index in [9.17, 15) is 9.90 Å². The average molecular weight is 369 g/mol. The highest BCUT2D eigenvalue weighted by atomic mass is 16.5. The molecule has 1 saturated heterocycles. The van der Waals surface area contributed by atoms with Crippen LogP contribution in [0.4, 0.5) is 5.69 Å². The van der Waals surface area contributed by atoms with E-state index in [1.54, 1.807) is 13.2 Å². The van der Waals surface area contributed by atoms with Gasteiger partial charge in [-0.3, -0.25) is 9.69 Å². The first kappa shape index (κ1) is 19.0. The lowest BCUT2D eigenvalue weighted by Crippen LogP contribution is -2.53. The minimum absolute atomic E-state index is 0.0295. The number of amides is 1. The molecule has 0 aliphatic carbocycles. The summed E-state index contributed by atoms with van der Waals surface area (Å²) in [4.78, 5) is 16.9. The van der Waals surface area contributed by atoms with Gasteiger partial charge in [0.1, 0.15) is 11.5 Å². The number of aromatic hydroxyl groups is 1. The molecule has 0 radical (unpaired) electrons. The molecule has 1 fully saturated rings. The number of para-hydroxylation sites is 2. The van der Waals surface area contributed by atoms with Crippen molar-refractivity contribution >= 4 is 11.6 Å². The average Bonchev–Trinajstić information content (AvgIpc) is 2.72. The zero-order valence-corrected chi connectivity index (χ0v) is 15.9. The monoisotopic (exact) mass is 369 g/mol. The number of carbonyl (C=O) groups excluding carboxylic acids is 1. The molecule has 2 aromatic carbocycles. The molecule has 0 bridgehead atoms. The van der Waals surface area contributed by atoms with E-state index in [-0.39, 0.29) is 11.9 Å². The molecule has 6 heteroatoms. The van der Waals surface area contributed by atoms with Crippen LogP contribution < -0.4 is 15.0 Å². The predicted octanol–water partition coefficient (Wildman–Crippen LogP) is 2.23. The van der Waals surface area contributed by atoms with Gasteiger partial charge in [-0.05, 0) is 36.8 Å². The van der Waals surface area contributed by atoms with E-state index < -0.39 is 0 Å². The minimum Gasteiger partial charge on any atom is -0.506 e. The number of anilines is 1. The van der Waals surface area contributed by atoms with E-state index in [1.165, 1.54) is 0 Å². The van der Waals surface area contributed by atoms with Crippen molar-refractivity contribution in [2.24, 2.45) is 0 Å². The molecule has 1 amide bonds. The summed E-state index contributed by atoms with van der Waals surface area (Å²) in [5.74, 6) is 1.14. The number of carbonyl (C=O) groups is 1. The third-order valence-electron chi connectivity index (χ3n) is 5.09. The first-order valence-corrected chi connectivity index (χ1v) is 9.26. The van der Waals surface area contributed by atoms with Gasteiger partial charge < -0.3 is 20.1 Å². The number of ether oxygens (including phenoxy) is 1. The number of phenolic OH excluding ortho intramolecular Hbond substituents is 1. The molecule has 1 atom stereocenters. The van der Waals surface area contributed by atoms with Crippen LogP contribution in [-0.4, -0.2) is 55.2 Å². The van der Waals surface area contributed by atoms with E-state index in [4.69, 9.17) is 4.74 Å². The number of phenols is 1. The van der Waals surface area contributed by atoms with Crippen LogP contribution in [0.1, 0.15) is 12.5 Å². The largest absolute Gasteiger partial charge is 0.506 e. The van der Waals surface area contributed by atoms with Gasteiger partial charge in [0.05, 0.1) is 18.8 Å². The van der Waals surface area contributed by atoms with E-state index >= 15 is 0 Å². The molecule has 144 valence electrons. The quantitative estimate of drug-likeness (QED) is 0.818. The number of nitrogens with one attached hydrogen (secondary N) is 1. The van der Waals surface area contributed by atoms with Crippen molar-refractivity contribution in [2.75, 3.05) is 38.2 Å². The number of piperazine rings is 1. The van der Waals surface area contributed by atoms with Crippen LogP contribution in [0.5, 0.6) is 11.5 Å². The van der Waals surface area contributed by atoms with Gasteiger partial charge in [0.2, 0.25) is 5.91 Å². The zero-order chi connectivity index (χ0) is 19.2. The van der Waals surface area contributed by atoms with E-state index in [2.05, 4.69) is 15.1 Å². The molecule has 1 aliphatic heterocycles. The fourth-order valence-corrected chi connectivity index (χ4v) is 3.33. The number of nitrogens with zero attached hydrogens (tertiary/aromatic N) is 2. The van der Waals surface area contributed by atoms with E-state index in [0.717, 1.165) is 43.2 Å². The molecule has 0 saturated carbocycles. The maximum absolute atomic E-state index is 12.5. The molecule has 3 rings (SSSR count). The summed E-state index contributed by atoms with van der Waals surface area (Å²) in [5.41, 5.74) is 1.90. The van der Waals surface area contributed by atoms with Crippen LogP contribution >= 0.6 is 0 Å². The first-order chi connectivity index (χ1) is 13.1. The van der Waals surface area contributed by atoms with Crippen molar-refractivity contribution in [1.29, 1.82) is 0 Å². The Hall–Kier alpha value is -2.73. The molecule has 0 aromatic heterocycles. The lowest BCUT2D eigenvalue weighted by molar-refractivity contribution is -0.126. The summed E-state index contributed by atoms with van der Waals surface area (Å²) >= 11 is 0. The Bertz CT molecular complexity index is 756. The Balaban J connectivity index is 1.48. The van der Waals surface area contributed by atoms with Gasteiger partial charge in [-0.25, -0.2) is 0 Å². The standard InChI is InChI=1S/C21H27N3O3/c1-16(21(26)22-15-17-7-9-18(27-2)10-8-17)23-11-13-24(14-12-23)19-5-3-4-6-20(19)25/h3-10,16,25H,11-15H2,1-2H3,(H,22,26). The molecule has 1 unspecified atom stereocenters. The van der Waals surface area contributed by atoms with Crippen LogP contribution in [0, 0.1) is 0 Å². The third kappa shape index (κ3) is 4.71. The molecular formula is C21H27N3O3. The highest BCUT2D eigenvalue weighted by molar-refractivity contribution is 5.81. The molecule has 1 aliphatic rings. The second-order valence-electron chi connectivity index (χ2n) is 6.75. The first-order valence-electron chi connectivity index (χ1n) is 9.26. The number of benzene rings is 2. The Labute approximate surface area is 160 Å². The molecule has 0 spiro atoms. The smallest absolute Gasteiger partial charge is 0.237 e. The Morgan fingerprint density at radius 2 is 1.78 bits per heavy atom. The van der Waals surface area contributed by atoms with Crippen molar-refractivity contribution in [1.82, 2.24) is 10.2 Å². The molecule has 2 N–H and O–H groups in total. The minimum atomic E-state index is -0.185. The van der Waals surface area contributed by atoms with Gasteiger partial charge in [-0.2, -0.15) is 0 Å². The summed E-state index contributed by atoms with van der Waals surface area (Å²) in [5, 5.41) is 13.0. The summed E-state index contributed by atoms with van der Waals surface area (Å²) in [6.07, 6.45) is 0. The molecular weight excluding hydrogens is 342 g/mol. The highest BCUT2D eigenvalue weighted by Crippen LogP contribution is 2.27. The van der Waals surface area contributed by atoms with Crippen molar-refractivity contribution in [3.8, 4) is 11.5 Å². The maximum atomic E-state index is 12.5. The van der Waals surface area contributed by atoms with Crippen molar-refractivity contribution in [2.45, 2.75) is 19.5 Å². The van der Waals surface area contributed by atoms with Crippen LogP contribution in [0.25, 0.3) is 0 Å². The van der Waals surface area contributed by atoms with Crippen molar-refractivity contribution < 1.29 is 14.6 Å². The van der Waals surface area contributed by atoms with Crippen LogP contribution in [0.15, 0.2) is 48.5 Å². The van der Waals surface area contributed by atoms with Gasteiger partial charge in [0.25, 0.3) is 0 Å². The van der Waals surface area contributed by atoms with Crippen LogP contribution in [0.3, 0.4) is 0 Å². The highest BCUT2D eigenvalue weighted by Gasteiger charge is 2.26. The lowest BCUT2D eigenvalue weighted by atomic mass is 10.1. The fourth-order valence-electron chi connectivity index (χ4n) is 3.33. The second kappa shape index (κ2) is 8.77. The van der Waals surface area contributed by atoms with Gasteiger partial charge in [0, 0.05) is 32.7 Å². The number of hydrogen-bond donors (Lipinski definition) is 2. The predicted molar refractivity (Wildman–Crippen MR) is 106 cm³/mol. The lowest BCUT2D eigenvalue weighted by Gasteiger charge is -2.38. The van der Waals surface area contributed by atoms with Gasteiger partial charge in [0.15, 0.2) is 0 Å². The molecule has 6 nitrogen and oxygen atoms in total. The van der Waals surface area contributed by atoms with E-state index in [1.807, 2.05) is 49.4 Å². The van der Waals surface area contributed by atoms with E-state index in [0.29, 0.717) is 12.3 Å². The second-order valence-corrected chi connectivity index (χ2v) is 6.75. The van der Waals surface area contributed by atoms with Crippen molar-refractivity contribution in [3.05, 3.63) is 54.1 Å². The number of methoxy groups -OCH3 is 1. The van der Waals surface area contributed by atoms with Gasteiger partial charge in [-0.15, -0.1) is 0 Å². The maximum Gasteiger partial charge on any atom is 0.237 e. The van der Waals surface area contributed by atoms with Gasteiger partial charge >= 0.3 is 0 Å². The summed E-state index contributed by atoms with van der Waals surface area (Å²) < 4.78 is 5.15. The Morgan fingerprint density at radius 3 is 2.41 bits per heavy atom.